The van der Waals surface area contributed by atoms with E-state index in [0.717, 1.165) is 6.42 Å². The second-order valence-electron chi connectivity index (χ2n) is 5.22. The monoisotopic (exact) mass is 322 g/mol. The first-order chi connectivity index (χ1) is 9.97. The SMILES string of the molecule is CC(Cc1cccs1)N(C)Cc1ccc(C(N)=S)cc1F. The normalized spacial score (nSPS) is 12.6. The number of nitrogens with two attached hydrogens (primary N) is 1. The Morgan fingerprint density at radius 2 is 2.19 bits per heavy atom. The first-order valence-electron chi connectivity index (χ1n) is 6.78. The van der Waals surface area contributed by atoms with Crippen LogP contribution in [0.1, 0.15) is 22.9 Å². The summed E-state index contributed by atoms with van der Waals surface area (Å²) in [5.74, 6) is -0.254. The molecule has 0 radical (unpaired) electrons. The summed E-state index contributed by atoms with van der Waals surface area (Å²) in [6.45, 7) is 2.72. The third-order valence-corrected chi connectivity index (χ3v) is 4.72. The van der Waals surface area contributed by atoms with Gasteiger partial charge in [-0.15, -0.1) is 11.3 Å². The van der Waals surface area contributed by atoms with E-state index in [1.165, 1.54) is 10.9 Å². The zero-order chi connectivity index (χ0) is 15.4. The van der Waals surface area contributed by atoms with E-state index in [9.17, 15) is 4.39 Å². The smallest absolute Gasteiger partial charge is 0.128 e. The molecule has 0 aliphatic heterocycles. The molecular formula is C16H19FN2S2. The average Bonchev–Trinajstić information content (AvgIpc) is 2.93. The maximum atomic E-state index is 14.1. The van der Waals surface area contributed by atoms with Gasteiger partial charge in [-0.05, 0) is 37.9 Å². The van der Waals surface area contributed by atoms with Gasteiger partial charge in [-0.25, -0.2) is 4.39 Å². The van der Waals surface area contributed by atoms with Gasteiger partial charge in [0.2, 0.25) is 0 Å². The largest absolute Gasteiger partial charge is 0.389 e. The summed E-state index contributed by atoms with van der Waals surface area (Å²) in [6, 6.07) is 9.48. The molecule has 1 aromatic heterocycles. The van der Waals surface area contributed by atoms with Gasteiger partial charge in [0.15, 0.2) is 0 Å². The number of thiocarbonyl (C=S) groups is 1. The van der Waals surface area contributed by atoms with Gasteiger partial charge in [0.25, 0.3) is 0 Å². The van der Waals surface area contributed by atoms with Crippen molar-refractivity contribution in [2.45, 2.75) is 25.9 Å². The van der Waals surface area contributed by atoms with Crippen LogP contribution in [0.15, 0.2) is 35.7 Å². The van der Waals surface area contributed by atoms with E-state index in [1.54, 1.807) is 23.5 Å². The molecule has 0 saturated carbocycles. The van der Waals surface area contributed by atoms with Gasteiger partial charge in [-0.3, -0.25) is 4.90 Å². The Morgan fingerprint density at radius 3 is 2.76 bits per heavy atom. The van der Waals surface area contributed by atoms with Crippen LogP contribution in [-0.2, 0) is 13.0 Å². The molecule has 1 heterocycles. The number of benzene rings is 1. The van der Waals surface area contributed by atoms with Crippen LogP contribution in [0.5, 0.6) is 0 Å². The van der Waals surface area contributed by atoms with Crippen LogP contribution in [0.3, 0.4) is 0 Å². The van der Waals surface area contributed by atoms with Crippen LogP contribution >= 0.6 is 23.6 Å². The molecule has 21 heavy (non-hydrogen) atoms. The number of rotatable bonds is 6. The van der Waals surface area contributed by atoms with Crippen molar-refractivity contribution in [3.63, 3.8) is 0 Å². The molecular weight excluding hydrogens is 303 g/mol. The highest BCUT2D eigenvalue weighted by atomic mass is 32.1. The molecule has 2 N–H and O–H groups in total. The quantitative estimate of drug-likeness (QED) is 0.824. The number of hydrogen-bond donors (Lipinski definition) is 1. The van der Waals surface area contributed by atoms with Crippen molar-refractivity contribution in [2.75, 3.05) is 7.05 Å². The second kappa shape index (κ2) is 7.11. The fourth-order valence-electron chi connectivity index (χ4n) is 2.13. The van der Waals surface area contributed by atoms with E-state index in [4.69, 9.17) is 18.0 Å². The molecule has 1 atom stereocenters. The standard InChI is InChI=1S/C16H19FN2S2/c1-11(8-14-4-3-7-21-14)19(2)10-13-6-5-12(16(18)20)9-15(13)17/h3-7,9,11H,8,10H2,1-2H3,(H2,18,20). The van der Waals surface area contributed by atoms with Gasteiger partial charge >= 0.3 is 0 Å². The van der Waals surface area contributed by atoms with Gasteiger partial charge in [0.05, 0.1) is 0 Å². The first-order valence-corrected chi connectivity index (χ1v) is 8.07. The van der Waals surface area contributed by atoms with Crippen molar-refractivity contribution in [2.24, 2.45) is 5.73 Å². The van der Waals surface area contributed by atoms with Crippen LogP contribution in [0.2, 0.25) is 0 Å². The Kier molecular flexibility index (Phi) is 5.45. The fourth-order valence-corrected chi connectivity index (χ4v) is 3.08. The van der Waals surface area contributed by atoms with Crippen LogP contribution in [0, 0.1) is 5.82 Å². The van der Waals surface area contributed by atoms with E-state index in [0.29, 0.717) is 23.7 Å². The predicted molar refractivity (Wildman–Crippen MR) is 91.2 cm³/mol. The first kappa shape index (κ1) is 16.1. The molecule has 1 aromatic carbocycles. The maximum Gasteiger partial charge on any atom is 0.128 e. The third-order valence-electron chi connectivity index (χ3n) is 3.59. The lowest BCUT2D eigenvalue weighted by Crippen LogP contribution is -2.30. The third kappa shape index (κ3) is 4.33. The van der Waals surface area contributed by atoms with Gasteiger partial charge in [-0.1, -0.05) is 30.4 Å². The maximum absolute atomic E-state index is 14.1. The molecule has 0 saturated heterocycles. The summed E-state index contributed by atoms with van der Waals surface area (Å²) in [7, 11) is 2.01. The second-order valence-corrected chi connectivity index (χ2v) is 6.69. The molecule has 0 spiro atoms. The molecule has 0 amide bonds. The van der Waals surface area contributed by atoms with Gasteiger partial charge in [0, 0.05) is 28.6 Å². The zero-order valence-electron chi connectivity index (χ0n) is 12.2. The Bertz CT molecular complexity index is 611. The summed E-state index contributed by atoms with van der Waals surface area (Å²) in [4.78, 5) is 3.72. The number of hydrogen-bond acceptors (Lipinski definition) is 3. The van der Waals surface area contributed by atoms with Crippen molar-refractivity contribution in [3.05, 3.63) is 57.5 Å². The lowest BCUT2D eigenvalue weighted by atomic mass is 10.1. The van der Waals surface area contributed by atoms with Crippen molar-refractivity contribution in [3.8, 4) is 0 Å². The lowest BCUT2D eigenvalue weighted by Gasteiger charge is -2.24. The highest BCUT2D eigenvalue weighted by Crippen LogP contribution is 2.17. The lowest BCUT2D eigenvalue weighted by molar-refractivity contribution is 0.245. The topological polar surface area (TPSA) is 29.3 Å². The summed E-state index contributed by atoms with van der Waals surface area (Å²) >= 11 is 6.61. The predicted octanol–water partition coefficient (Wildman–Crippen LogP) is 3.58. The summed E-state index contributed by atoms with van der Waals surface area (Å²) in [5, 5.41) is 2.08. The van der Waals surface area contributed by atoms with Crippen LogP contribution < -0.4 is 5.73 Å². The Labute approximate surface area is 134 Å². The summed E-state index contributed by atoms with van der Waals surface area (Å²) in [5.41, 5.74) is 6.75. The number of thiophene rings is 1. The zero-order valence-corrected chi connectivity index (χ0v) is 13.8. The molecule has 0 fully saturated rings. The minimum absolute atomic E-state index is 0.222. The van der Waals surface area contributed by atoms with Crippen LogP contribution in [0.25, 0.3) is 0 Å². The summed E-state index contributed by atoms with van der Waals surface area (Å²) in [6.07, 6.45) is 0.973. The van der Waals surface area contributed by atoms with Crippen molar-refractivity contribution in [1.29, 1.82) is 0 Å². The Morgan fingerprint density at radius 1 is 1.43 bits per heavy atom. The van der Waals surface area contributed by atoms with Crippen molar-refractivity contribution >= 4 is 28.5 Å². The van der Waals surface area contributed by atoms with Crippen molar-refractivity contribution in [1.82, 2.24) is 4.90 Å². The van der Waals surface area contributed by atoms with E-state index < -0.39 is 0 Å². The Hall–Kier alpha value is -1.30. The van der Waals surface area contributed by atoms with E-state index in [1.807, 2.05) is 7.05 Å². The van der Waals surface area contributed by atoms with Gasteiger partial charge < -0.3 is 5.73 Å². The molecule has 0 bridgehead atoms. The fraction of sp³-hybridized carbons (Fsp3) is 0.312. The molecule has 0 aliphatic carbocycles. The minimum Gasteiger partial charge on any atom is -0.389 e. The number of halogens is 1. The molecule has 1 unspecified atom stereocenters. The van der Waals surface area contributed by atoms with Gasteiger partial charge in [0.1, 0.15) is 10.8 Å². The van der Waals surface area contributed by atoms with Crippen LogP contribution in [-0.4, -0.2) is 23.0 Å². The molecule has 2 aromatic rings. The van der Waals surface area contributed by atoms with Gasteiger partial charge in [-0.2, -0.15) is 0 Å². The number of likely N-dealkylation sites (N-methyl/N-ethyl adjacent to an activating group) is 1. The molecule has 0 aliphatic rings. The Balaban J connectivity index is 2.01. The minimum atomic E-state index is -0.254. The molecule has 112 valence electrons. The van der Waals surface area contributed by atoms with E-state index in [-0.39, 0.29) is 10.8 Å². The molecule has 2 rings (SSSR count). The highest BCUT2D eigenvalue weighted by Gasteiger charge is 2.13. The van der Waals surface area contributed by atoms with E-state index >= 15 is 0 Å². The number of nitrogens with zero attached hydrogens (tertiary/aromatic N) is 1. The average molecular weight is 322 g/mol. The van der Waals surface area contributed by atoms with E-state index in [2.05, 4.69) is 29.3 Å². The highest BCUT2D eigenvalue weighted by molar-refractivity contribution is 7.80. The molecule has 2 nitrogen and oxygen atoms in total. The van der Waals surface area contributed by atoms with Crippen LogP contribution in [0.4, 0.5) is 4.39 Å². The van der Waals surface area contributed by atoms with Crippen molar-refractivity contribution < 1.29 is 4.39 Å². The summed E-state index contributed by atoms with van der Waals surface area (Å²) < 4.78 is 14.1. The molecule has 5 heteroatoms.